The quantitative estimate of drug-likeness (QED) is 0.746. The van der Waals surface area contributed by atoms with Crippen molar-refractivity contribution in [2.75, 3.05) is 24.5 Å². The summed E-state index contributed by atoms with van der Waals surface area (Å²) in [5, 5.41) is 12.5. The molecule has 2 aliphatic rings. The van der Waals surface area contributed by atoms with Gasteiger partial charge < -0.3 is 15.3 Å². The van der Waals surface area contributed by atoms with Crippen molar-refractivity contribution in [2.24, 2.45) is 5.92 Å². The fourth-order valence-electron chi connectivity index (χ4n) is 4.22. The molecule has 2 heterocycles. The molecule has 0 saturated carbocycles. The first-order valence-electron chi connectivity index (χ1n) is 10.8. The standard InChI is InChI=1S/C24H28FN3O3/c25-21-3-1-2-4-22(21)28-16-19(13-23(28)30)24(31)26-14-17-5-7-18(8-6-17)15-27-11-9-20(29)10-12-27/h1-8,19-20,29H,9-16H2,(H,26,31). The topological polar surface area (TPSA) is 72.9 Å². The maximum absolute atomic E-state index is 14.0. The van der Waals surface area contributed by atoms with Gasteiger partial charge in [-0.25, -0.2) is 4.39 Å². The molecule has 0 aromatic heterocycles. The van der Waals surface area contributed by atoms with Crippen LogP contribution < -0.4 is 10.2 Å². The summed E-state index contributed by atoms with van der Waals surface area (Å²) in [6.07, 6.45) is 1.56. The van der Waals surface area contributed by atoms with Gasteiger partial charge in [0.2, 0.25) is 11.8 Å². The van der Waals surface area contributed by atoms with Crippen LogP contribution in [-0.4, -0.2) is 47.6 Å². The predicted octanol–water partition coefficient (Wildman–Crippen LogP) is 2.45. The lowest BCUT2D eigenvalue weighted by molar-refractivity contribution is -0.126. The zero-order valence-corrected chi connectivity index (χ0v) is 17.5. The molecule has 0 radical (unpaired) electrons. The van der Waals surface area contributed by atoms with E-state index in [2.05, 4.69) is 22.3 Å². The van der Waals surface area contributed by atoms with Crippen LogP contribution in [0.4, 0.5) is 10.1 Å². The Morgan fingerprint density at radius 1 is 1.06 bits per heavy atom. The van der Waals surface area contributed by atoms with Gasteiger partial charge in [0.05, 0.1) is 17.7 Å². The first-order valence-corrected chi connectivity index (χ1v) is 10.8. The number of piperidine rings is 1. The highest BCUT2D eigenvalue weighted by atomic mass is 19.1. The summed E-state index contributed by atoms with van der Waals surface area (Å²) in [4.78, 5) is 28.6. The van der Waals surface area contributed by atoms with E-state index < -0.39 is 11.7 Å². The van der Waals surface area contributed by atoms with E-state index in [4.69, 9.17) is 0 Å². The van der Waals surface area contributed by atoms with Gasteiger partial charge in [0, 0.05) is 39.1 Å². The van der Waals surface area contributed by atoms with Crippen molar-refractivity contribution in [3.63, 3.8) is 0 Å². The summed E-state index contributed by atoms with van der Waals surface area (Å²) in [6.45, 7) is 3.25. The molecular weight excluding hydrogens is 397 g/mol. The van der Waals surface area contributed by atoms with E-state index in [0.29, 0.717) is 6.54 Å². The van der Waals surface area contributed by atoms with Crippen LogP contribution in [0.1, 0.15) is 30.4 Å². The maximum Gasteiger partial charge on any atom is 0.227 e. The van der Waals surface area contributed by atoms with Crippen LogP contribution in [0.2, 0.25) is 0 Å². The number of carbonyl (C=O) groups is 2. The van der Waals surface area contributed by atoms with Gasteiger partial charge in [0.25, 0.3) is 0 Å². The first kappa shape index (κ1) is 21.5. The number of benzene rings is 2. The van der Waals surface area contributed by atoms with E-state index in [-0.39, 0.29) is 36.6 Å². The highest BCUT2D eigenvalue weighted by Crippen LogP contribution is 2.27. The normalized spacial score (nSPS) is 20.3. The lowest BCUT2D eigenvalue weighted by atomic mass is 10.1. The molecule has 4 rings (SSSR count). The smallest absolute Gasteiger partial charge is 0.227 e. The SMILES string of the molecule is O=C(NCc1ccc(CN2CCC(O)CC2)cc1)C1CC(=O)N(c2ccccc2F)C1. The third-order valence-electron chi connectivity index (χ3n) is 6.09. The van der Waals surface area contributed by atoms with E-state index in [9.17, 15) is 19.1 Å². The van der Waals surface area contributed by atoms with Crippen LogP contribution in [0.5, 0.6) is 0 Å². The van der Waals surface area contributed by atoms with Gasteiger partial charge >= 0.3 is 0 Å². The molecule has 6 nitrogen and oxygen atoms in total. The van der Waals surface area contributed by atoms with E-state index in [1.165, 1.54) is 16.5 Å². The van der Waals surface area contributed by atoms with E-state index in [1.54, 1.807) is 18.2 Å². The molecule has 1 atom stereocenters. The molecule has 0 aliphatic carbocycles. The molecule has 2 aromatic carbocycles. The summed E-state index contributed by atoms with van der Waals surface area (Å²) in [5.74, 6) is -1.37. The van der Waals surface area contributed by atoms with Gasteiger partial charge in [-0.05, 0) is 36.1 Å². The Bertz CT molecular complexity index is 926. The molecule has 31 heavy (non-hydrogen) atoms. The number of nitrogens with zero attached hydrogens (tertiary/aromatic N) is 2. The Morgan fingerprint density at radius 3 is 2.45 bits per heavy atom. The van der Waals surface area contributed by atoms with Gasteiger partial charge in [0.1, 0.15) is 5.82 Å². The van der Waals surface area contributed by atoms with Crippen molar-refractivity contribution >= 4 is 17.5 Å². The van der Waals surface area contributed by atoms with Crippen molar-refractivity contribution in [3.05, 3.63) is 65.5 Å². The summed E-state index contributed by atoms with van der Waals surface area (Å²) >= 11 is 0. The van der Waals surface area contributed by atoms with E-state index >= 15 is 0 Å². The number of carbonyl (C=O) groups excluding carboxylic acids is 2. The van der Waals surface area contributed by atoms with Gasteiger partial charge in [-0.3, -0.25) is 14.5 Å². The van der Waals surface area contributed by atoms with Crippen molar-refractivity contribution in [3.8, 4) is 0 Å². The van der Waals surface area contributed by atoms with Gasteiger partial charge in [-0.15, -0.1) is 0 Å². The molecule has 2 aliphatic heterocycles. The molecule has 2 amide bonds. The average Bonchev–Trinajstić information content (AvgIpc) is 3.16. The Labute approximate surface area is 181 Å². The number of amides is 2. The molecule has 2 saturated heterocycles. The number of aliphatic hydroxyl groups is 1. The minimum absolute atomic E-state index is 0.0869. The molecule has 0 bridgehead atoms. The molecule has 2 fully saturated rings. The number of aliphatic hydroxyl groups excluding tert-OH is 1. The zero-order chi connectivity index (χ0) is 21.8. The third kappa shape index (κ3) is 5.29. The number of nitrogens with one attached hydrogen (secondary N) is 1. The van der Waals surface area contributed by atoms with E-state index in [0.717, 1.165) is 38.0 Å². The minimum atomic E-state index is -0.485. The minimum Gasteiger partial charge on any atom is -0.393 e. The van der Waals surface area contributed by atoms with Crippen LogP contribution in [0.15, 0.2) is 48.5 Å². The first-order chi connectivity index (χ1) is 15.0. The summed E-state index contributed by atoms with van der Waals surface area (Å²) < 4.78 is 14.0. The highest BCUT2D eigenvalue weighted by Gasteiger charge is 2.36. The Balaban J connectivity index is 1.27. The lowest BCUT2D eigenvalue weighted by Gasteiger charge is -2.29. The number of likely N-dealkylation sites (tertiary alicyclic amines) is 1. The van der Waals surface area contributed by atoms with Crippen LogP contribution >= 0.6 is 0 Å². The number of para-hydroxylation sites is 1. The van der Waals surface area contributed by atoms with Crippen LogP contribution in [0.25, 0.3) is 0 Å². The number of hydrogen-bond acceptors (Lipinski definition) is 4. The van der Waals surface area contributed by atoms with Gasteiger partial charge in [-0.2, -0.15) is 0 Å². The zero-order valence-electron chi connectivity index (χ0n) is 17.5. The van der Waals surface area contributed by atoms with Crippen LogP contribution in [0, 0.1) is 11.7 Å². The van der Waals surface area contributed by atoms with Crippen LogP contribution in [-0.2, 0) is 22.7 Å². The van der Waals surface area contributed by atoms with Gasteiger partial charge in [0.15, 0.2) is 0 Å². The Kier molecular flexibility index (Phi) is 6.63. The Hall–Kier alpha value is -2.77. The highest BCUT2D eigenvalue weighted by molar-refractivity contribution is 6.00. The number of rotatable bonds is 6. The second-order valence-corrected chi connectivity index (χ2v) is 8.40. The van der Waals surface area contributed by atoms with Crippen molar-refractivity contribution < 1.29 is 19.1 Å². The van der Waals surface area contributed by atoms with Crippen molar-refractivity contribution in [1.82, 2.24) is 10.2 Å². The molecule has 2 N–H and O–H groups in total. The second kappa shape index (κ2) is 9.58. The largest absolute Gasteiger partial charge is 0.393 e. The average molecular weight is 426 g/mol. The fraction of sp³-hybridized carbons (Fsp3) is 0.417. The van der Waals surface area contributed by atoms with Crippen molar-refractivity contribution in [1.29, 1.82) is 0 Å². The molecule has 1 unspecified atom stereocenters. The number of anilines is 1. The van der Waals surface area contributed by atoms with Crippen LogP contribution in [0.3, 0.4) is 0 Å². The lowest BCUT2D eigenvalue weighted by Crippen LogP contribution is -2.35. The monoisotopic (exact) mass is 425 g/mol. The summed E-state index contributed by atoms with van der Waals surface area (Å²) in [7, 11) is 0. The molecule has 0 spiro atoms. The Morgan fingerprint density at radius 2 is 1.74 bits per heavy atom. The van der Waals surface area contributed by atoms with Gasteiger partial charge in [-0.1, -0.05) is 36.4 Å². The molecule has 7 heteroatoms. The number of hydrogen-bond donors (Lipinski definition) is 2. The van der Waals surface area contributed by atoms with Crippen molar-refractivity contribution in [2.45, 2.75) is 38.5 Å². The third-order valence-corrected chi connectivity index (χ3v) is 6.09. The summed E-state index contributed by atoms with van der Waals surface area (Å²) in [5.41, 5.74) is 2.41. The second-order valence-electron chi connectivity index (χ2n) is 8.40. The fourth-order valence-corrected chi connectivity index (χ4v) is 4.22. The molecular formula is C24H28FN3O3. The predicted molar refractivity (Wildman–Crippen MR) is 116 cm³/mol. The van der Waals surface area contributed by atoms with E-state index in [1.807, 2.05) is 12.1 Å². The summed E-state index contributed by atoms with van der Waals surface area (Å²) in [6, 6.07) is 14.2. The number of halogens is 1. The molecule has 2 aromatic rings. The maximum atomic E-state index is 14.0. The molecule has 164 valence electrons.